The summed E-state index contributed by atoms with van der Waals surface area (Å²) in [4.78, 5) is 26.4. The molecular formula is C13H14Cl2N2O2. The van der Waals surface area contributed by atoms with E-state index in [2.05, 4.69) is 0 Å². The van der Waals surface area contributed by atoms with Crippen molar-refractivity contribution >= 4 is 29.1 Å². The first kappa shape index (κ1) is 13.0. The molecule has 1 aromatic rings. The van der Waals surface area contributed by atoms with Gasteiger partial charge in [-0.1, -0.05) is 23.2 Å². The van der Waals surface area contributed by atoms with Gasteiger partial charge in [0.05, 0.1) is 5.02 Å². The van der Waals surface area contributed by atoms with E-state index in [1.807, 2.05) is 4.90 Å². The summed E-state index contributed by atoms with van der Waals surface area (Å²) in [5.74, 6) is 0.0247. The van der Waals surface area contributed by atoms with E-state index in [0.717, 1.165) is 31.6 Å². The van der Waals surface area contributed by atoms with Crippen molar-refractivity contribution in [3.05, 3.63) is 32.2 Å². The second-order valence-electron chi connectivity index (χ2n) is 5.05. The average Bonchev–Trinajstić information content (AvgIpc) is 3.04. The SMILES string of the molecule is O=C([C@@H]1CCc2c(Cl)cc(Cl)c(=O)n21)N1CCCC1. The molecule has 4 nitrogen and oxygen atoms in total. The Kier molecular flexibility index (Phi) is 3.31. The van der Waals surface area contributed by atoms with Crippen LogP contribution in [0.15, 0.2) is 10.9 Å². The predicted octanol–water partition coefficient (Wildman–Crippen LogP) is 2.26. The van der Waals surface area contributed by atoms with Crippen LogP contribution in [0, 0.1) is 0 Å². The van der Waals surface area contributed by atoms with Gasteiger partial charge in [-0.3, -0.25) is 14.2 Å². The van der Waals surface area contributed by atoms with Crippen LogP contribution in [0.2, 0.25) is 10.0 Å². The molecule has 1 amide bonds. The number of likely N-dealkylation sites (tertiary alicyclic amines) is 1. The molecule has 3 rings (SSSR count). The van der Waals surface area contributed by atoms with Crippen LogP contribution in [0.1, 0.15) is 31.0 Å². The monoisotopic (exact) mass is 300 g/mol. The summed E-state index contributed by atoms with van der Waals surface area (Å²) in [6.07, 6.45) is 3.35. The fourth-order valence-corrected chi connectivity index (χ4v) is 3.51. The van der Waals surface area contributed by atoms with Gasteiger partial charge in [0.2, 0.25) is 5.91 Å². The largest absolute Gasteiger partial charge is 0.341 e. The number of hydrogen-bond donors (Lipinski definition) is 0. The van der Waals surface area contributed by atoms with E-state index in [1.165, 1.54) is 10.6 Å². The Morgan fingerprint density at radius 2 is 1.89 bits per heavy atom. The Labute approximate surface area is 120 Å². The molecule has 2 aliphatic heterocycles. The quantitative estimate of drug-likeness (QED) is 0.798. The molecule has 0 aromatic carbocycles. The third kappa shape index (κ3) is 2.07. The summed E-state index contributed by atoms with van der Waals surface area (Å²) in [5, 5.41) is 0.552. The van der Waals surface area contributed by atoms with Gasteiger partial charge in [-0.2, -0.15) is 0 Å². The van der Waals surface area contributed by atoms with Gasteiger partial charge in [0, 0.05) is 18.8 Å². The van der Waals surface area contributed by atoms with Gasteiger partial charge in [-0.15, -0.1) is 0 Å². The number of halogens is 2. The minimum Gasteiger partial charge on any atom is -0.341 e. The molecular weight excluding hydrogens is 287 g/mol. The summed E-state index contributed by atoms with van der Waals surface area (Å²) in [6, 6.07) is 1.04. The maximum Gasteiger partial charge on any atom is 0.270 e. The van der Waals surface area contributed by atoms with Crippen molar-refractivity contribution in [3.8, 4) is 0 Å². The Bertz CT molecular complexity index is 591. The molecule has 1 fully saturated rings. The van der Waals surface area contributed by atoms with E-state index in [1.54, 1.807) is 0 Å². The molecule has 2 aliphatic rings. The van der Waals surface area contributed by atoms with Crippen molar-refractivity contribution in [2.75, 3.05) is 13.1 Å². The van der Waals surface area contributed by atoms with Crippen LogP contribution in [-0.4, -0.2) is 28.5 Å². The lowest BCUT2D eigenvalue weighted by molar-refractivity contribution is -0.133. The van der Waals surface area contributed by atoms with Gasteiger partial charge in [0.15, 0.2) is 0 Å². The predicted molar refractivity (Wildman–Crippen MR) is 73.9 cm³/mol. The summed E-state index contributed by atoms with van der Waals surface area (Å²) in [7, 11) is 0. The number of rotatable bonds is 1. The van der Waals surface area contributed by atoms with E-state index in [-0.39, 0.29) is 16.5 Å². The molecule has 6 heteroatoms. The molecule has 3 heterocycles. The van der Waals surface area contributed by atoms with Crippen LogP contribution >= 0.6 is 23.2 Å². The van der Waals surface area contributed by atoms with Crippen LogP contribution in [0.4, 0.5) is 0 Å². The Morgan fingerprint density at radius 1 is 1.21 bits per heavy atom. The molecule has 0 bridgehead atoms. The number of amides is 1. The third-order valence-corrected chi connectivity index (χ3v) is 4.51. The number of aromatic nitrogens is 1. The molecule has 0 spiro atoms. The first-order chi connectivity index (χ1) is 9.09. The average molecular weight is 301 g/mol. The van der Waals surface area contributed by atoms with Crippen LogP contribution in [0.5, 0.6) is 0 Å². The van der Waals surface area contributed by atoms with Gasteiger partial charge < -0.3 is 4.90 Å². The van der Waals surface area contributed by atoms with E-state index in [9.17, 15) is 9.59 Å². The molecule has 1 saturated heterocycles. The number of carbonyl (C=O) groups excluding carboxylic acids is 1. The maximum atomic E-state index is 12.5. The fraction of sp³-hybridized carbons (Fsp3) is 0.538. The van der Waals surface area contributed by atoms with Gasteiger partial charge >= 0.3 is 0 Å². The maximum absolute atomic E-state index is 12.5. The zero-order chi connectivity index (χ0) is 13.6. The number of carbonyl (C=O) groups is 1. The van der Waals surface area contributed by atoms with Gasteiger partial charge in [0.25, 0.3) is 5.56 Å². The summed E-state index contributed by atoms with van der Waals surface area (Å²) in [5.41, 5.74) is 0.421. The zero-order valence-electron chi connectivity index (χ0n) is 10.4. The molecule has 0 radical (unpaired) electrons. The Balaban J connectivity index is 2.01. The summed E-state index contributed by atoms with van der Waals surface area (Å²) >= 11 is 12.0. The topological polar surface area (TPSA) is 42.3 Å². The lowest BCUT2D eigenvalue weighted by Gasteiger charge is -2.21. The zero-order valence-corrected chi connectivity index (χ0v) is 11.9. The smallest absolute Gasteiger partial charge is 0.270 e. The highest BCUT2D eigenvalue weighted by atomic mass is 35.5. The minimum atomic E-state index is -0.434. The van der Waals surface area contributed by atoms with Crippen LogP contribution in [-0.2, 0) is 11.2 Å². The second kappa shape index (κ2) is 4.84. The van der Waals surface area contributed by atoms with Gasteiger partial charge in [-0.05, 0) is 31.7 Å². The van der Waals surface area contributed by atoms with Crippen molar-refractivity contribution in [1.29, 1.82) is 0 Å². The minimum absolute atomic E-state index is 0.0247. The highest BCUT2D eigenvalue weighted by molar-refractivity contribution is 6.34. The Hall–Kier alpha value is -1.00. The molecule has 1 aromatic heterocycles. The second-order valence-corrected chi connectivity index (χ2v) is 5.86. The number of hydrogen-bond acceptors (Lipinski definition) is 2. The number of pyridine rings is 1. The van der Waals surface area contributed by atoms with Crippen molar-refractivity contribution < 1.29 is 4.79 Å². The summed E-state index contributed by atoms with van der Waals surface area (Å²) in [6.45, 7) is 1.57. The van der Waals surface area contributed by atoms with E-state index < -0.39 is 6.04 Å². The van der Waals surface area contributed by atoms with Crippen molar-refractivity contribution in [1.82, 2.24) is 9.47 Å². The number of fused-ring (bicyclic) bond motifs is 1. The fourth-order valence-electron chi connectivity index (χ4n) is 2.96. The van der Waals surface area contributed by atoms with Crippen molar-refractivity contribution in [3.63, 3.8) is 0 Å². The van der Waals surface area contributed by atoms with E-state index in [0.29, 0.717) is 17.9 Å². The molecule has 0 N–H and O–H groups in total. The Morgan fingerprint density at radius 3 is 2.58 bits per heavy atom. The lowest BCUT2D eigenvalue weighted by Crippen LogP contribution is -2.37. The van der Waals surface area contributed by atoms with E-state index in [4.69, 9.17) is 23.2 Å². The first-order valence-electron chi connectivity index (χ1n) is 6.48. The van der Waals surface area contributed by atoms with E-state index >= 15 is 0 Å². The summed E-state index contributed by atoms with van der Waals surface area (Å²) < 4.78 is 1.49. The van der Waals surface area contributed by atoms with Crippen LogP contribution in [0.3, 0.4) is 0 Å². The van der Waals surface area contributed by atoms with Crippen LogP contribution in [0.25, 0.3) is 0 Å². The first-order valence-corrected chi connectivity index (χ1v) is 7.23. The standard InChI is InChI=1S/C13H14Cl2N2O2/c14-8-7-9(15)12(18)17-10(8)3-4-11(17)13(19)16-5-1-2-6-16/h7,11H,1-6H2/t11-/m0/s1. The van der Waals surface area contributed by atoms with Crippen molar-refractivity contribution in [2.45, 2.75) is 31.7 Å². The van der Waals surface area contributed by atoms with Gasteiger partial charge in [-0.25, -0.2) is 0 Å². The molecule has 0 saturated carbocycles. The normalized spacial score (nSPS) is 21.8. The molecule has 0 aliphatic carbocycles. The molecule has 1 atom stereocenters. The number of nitrogens with zero attached hydrogens (tertiary/aromatic N) is 2. The van der Waals surface area contributed by atoms with Crippen LogP contribution < -0.4 is 5.56 Å². The highest BCUT2D eigenvalue weighted by Crippen LogP contribution is 2.32. The van der Waals surface area contributed by atoms with Gasteiger partial charge in [0.1, 0.15) is 11.1 Å². The molecule has 102 valence electrons. The third-order valence-electron chi connectivity index (χ3n) is 3.91. The molecule has 19 heavy (non-hydrogen) atoms. The molecule has 0 unspecified atom stereocenters. The highest BCUT2D eigenvalue weighted by Gasteiger charge is 2.34. The van der Waals surface area contributed by atoms with Crippen molar-refractivity contribution in [2.24, 2.45) is 0 Å². The lowest BCUT2D eigenvalue weighted by atomic mass is 10.2.